The molecule has 0 aliphatic heterocycles. The Hall–Kier alpha value is -11.0. The van der Waals surface area contributed by atoms with E-state index >= 15 is 0 Å². The zero-order valence-electron chi connectivity index (χ0n) is 28.6. The lowest BCUT2D eigenvalue weighted by atomic mass is 9.98. The Balaban J connectivity index is 4.58. The molecule has 226 valence electrons. The summed E-state index contributed by atoms with van der Waals surface area (Å²) in [5, 5.41) is 0. The van der Waals surface area contributed by atoms with Gasteiger partial charge in [-0.25, -0.2) is 0 Å². The Morgan fingerprint density at radius 3 is 0.407 bits per heavy atom. The van der Waals surface area contributed by atoms with Crippen LogP contribution in [0.25, 0.3) is 0 Å². The van der Waals surface area contributed by atoms with E-state index in [1.807, 2.05) is 20.8 Å². The summed E-state index contributed by atoms with van der Waals surface area (Å²) in [4.78, 5) is 0. The van der Waals surface area contributed by atoms with Crippen LogP contribution in [0.2, 0.25) is 0 Å². The van der Waals surface area contributed by atoms with Crippen molar-refractivity contribution < 1.29 is 0 Å². The van der Waals surface area contributed by atoms with Crippen molar-refractivity contribution in [3.63, 3.8) is 0 Å². The maximum Gasteiger partial charge on any atom is 0.0240 e. The minimum atomic E-state index is -0.0950. The van der Waals surface area contributed by atoms with Crippen LogP contribution in [0, 0.1) is 302 Å². The summed E-state index contributed by atoms with van der Waals surface area (Å²) < 4.78 is 0. The van der Waals surface area contributed by atoms with Gasteiger partial charge in [0.2, 0.25) is 0 Å². The highest BCUT2D eigenvalue weighted by atomic mass is 14.0. The van der Waals surface area contributed by atoms with Gasteiger partial charge in [-0.05, 0) is 115 Å². The van der Waals surface area contributed by atoms with Crippen molar-refractivity contribution in [2.45, 2.75) is 20.8 Å². The standard InChI is InChI=1S/C54H10/c1-5-6-7-8-9-10-11-12-13-14-15-16-17-18-19-20-21-22-23-24-25-26-27-28-29-30-31-32-33-34-35-36-37-38-39-40-41-42-43-44-45-46-47-48-49-50-51-52-53-54(2,3)4/h1H,2-4H3. The van der Waals surface area contributed by atoms with Gasteiger partial charge in [-0.2, -0.15) is 0 Å². The van der Waals surface area contributed by atoms with Crippen LogP contribution in [0.4, 0.5) is 0 Å². The number of hydrogen-bond acceptors (Lipinski definition) is 0. The predicted octanol–water partition coefficient (Wildman–Crippen LogP) is 1.75. The Morgan fingerprint density at radius 2 is 0.296 bits per heavy atom. The van der Waals surface area contributed by atoms with Gasteiger partial charge in [0.05, 0.1) is 0 Å². The van der Waals surface area contributed by atoms with Gasteiger partial charge < -0.3 is 0 Å². The van der Waals surface area contributed by atoms with Gasteiger partial charge in [0.1, 0.15) is 0 Å². The second-order valence-electron chi connectivity index (χ2n) is 8.39. The Morgan fingerprint density at radius 1 is 0.185 bits per heavy atom. The van der Waals surface area contributed by atoms with E-state index in [4.69, 9.17) is 6.42 Å². The van der Waals surface area contributed by atoms with E-state index in [-0.39, 0.29) is 5.41 Å². The summed E-state index contributed by atoms with van der Waals surface area (Å²) in [5.74, 6) is 123. The molecule has 0 N–H and O–H groups in total. The van der Waals surface area contributed by atoms with E-state index in [1.54, 1.807) is 0 Å². The monoisotopic (exact) mass is 658 g/mol. The van der Waals surface area contributed by atoms with E-state index in [0.29, 0.717) is 0 Å². The van der Waals surface area contributed by atoms with E-state index < -0.39 is 0 Å². The highest BCUT2D eigenvalue weighted by molar-refractivity contribution is 5.51. The summed E-state index contributed by atoms with van der Waals surface area (Å²) >= 11 is 0. The number of terminal acetylenes is 1. The summed E-state index contributed by atoms with van der Waals surface area (Å²) in [6, 6.07) is 0. The normalized spacial score (nSPS) is 4.70. The van der Waals surface area contributed by atoms with Gasteiger partial charge in [-0.1, -0.05) is 5.92 Å². The van der Waals surface area contributed by atoms with Crippen molar-refractivity contribution in [3.05, 3.63) is 0 Å². The zero-order valence-corrected chi connectivity index (χ0v) is 28.6. The van der Waals surface area contributed by atoms with Crippen LogP contribution in [0.5, 0.6) is 0 Å². The Kier molecular flexibility index (Phi) is 29.0. The van der Waals surface area contributed by atoms with Crippen LogP contribution in [0.3, 0.4) is 0 Å². The van der Waals surface area contributed by atoms with Crippen molar-refractivity contribution in [3.8, 4) is 297 Å². The Labute approximate surface area is 321 Å². The van der Waals surface area contributed by atoms with Crippen LogP contribution >= 0.6 is 0 Å². The van der Waals surface area contributed by atoms with Gasteiger partial charge in [-0.15, -0.1) is 6.42 Å². The minimum Gasteiger partial charge on any atom is -0.106 e. The molecule has 0 aromatic heterocycles. The number of hydrogen-bond donors (Lipinski definition) is 0. The molecule has 0 saturated heterocycles. The lowest BCUT2D eigenvalue weighted by Gasteiger charge is -2.05. The van der Waals surface area contributed by atoms with Crippen molar-refractivity contribution >= 4 is 0 Å². The molecule has 54 heavy (non-hydrogen) atoms. The molecule has 0 aromatic rings. The molecular weight excluding hydrogens is 649 g/mol. The largest absolute Gasteiger partial charge is 0.106 e. The first-order chi connectivity index (χ1) is 26.6. The fraction of sp³-hybridized carbons (Fsp3) is 0.0741. The highest BCUT2D eigenvalue weighted by Gasteiger charge is 2.02. The average Bonchev–Trinajstić information content (AvgIpc) is 3.15. The third-order valence-electron chi connectivity index (χ3n) is 3.38. The molecular formula is C54H10. The summed E-state index contributed by atoms with van der Waals surface area (Å²) in [6.45, 7) is 6.00. The SMILES string of the molecule is C#CC#CC#CC#CC#CC#CC#CC#CC#CC#CC#CC#CC#CC#CC#CC#CC#CC#CC#CC#CC#CC#CC#CC#CC#CC(C)(C)C. The first kappa shape index (κ1) is 43.0. The highest BCUT2D eigenvalue weighted by Crippen LogP contribution is 2.09. The molecule has 0 unspecified atom stereocenters. The second kappa shape index (κ2) is 36.5. The second-order valence-corrected chi connectivity index (χ2v) is 8.39. The molecule has 0 aliphatic rings. The first-order valence-corrected chi connectivity index (χ1v) is 14.0. The van der Waals surface area contributed by atoms with Crippen molar-refractivity contribution in [1.29, 1.82) is 0 Å². The van der Waals surface area contributed by atoms with Crippen molar-refractivity contribution in [2.24, 2.45) is 5.41 Å². The molecule has 0 atom stereocenters. The van der Waals surface area contributed by atoms with E-state index in [9.17, 15) is 0 Å². The average molecular weight is 659 g/mol. The van der Waals surface area contributed by atoms with E-state index in [1.165, 1.54) is 0 Å². The van der Waals surface area contributed by atoms with Gasteiger partial charge >= 0.3 is 0 Å². The molecule has 0 bridgehead atoms. The van der Waals surface area contributed by atoms with Crippen LogP contribution in [0.1, 0.15) is 20.8 Å². The quantitative estimate of drug-likeness (QED) is 0.349. The van der Waals surface area contributed by atoms with E-state index in [2.05, 4.69) is 290 Å². The molecule has 0 heteroatoms. The lowest BCUT2D eigenvalue weighted by molar-refractivity contribution is 0.571. The molecule has 0 spiro atoms. The van der Waals surface area contributed by atoms with Crippen LogP contribution < -0.4 is 0 Å². The lowest BCUT2D eigenvalue weighted by Crippen LogP contribution is -1.98. The van der Waals surface area contributed by atoms with E-state index in [0.717, 1.165) is 0 Å². The van der Waals surface area contributed by atoms with Crippen LogP contribution in [0.15, 0.2) is 0 Å². The molecule has 0 radical (unpaired) electrons. The molecule has 0 fully saturated rings. The molecule has 0 rings (SSSR count). The van der Waals surface area contributed by atoms with Crippen molar-refractivity contribution in [2.75, 3.05) is 0 Å². The van der Waals surface area contributed by atoms with Crippen molar-refractivity contribution in [1.82, 2.24) is 0 Å². The van der Waals surface area contributed by atoms with Gasteiger partial charge in [0.25, 0.3) is 0 Å². The number of rotatable bonds is 0. The minimum absolute atomic E-state index is 0.0950. The molecule has 0 nitrogen and oxygen atoms in total. The summed E-state index contributed by atoms with van der Waals surface area (Å²) in [6.07, 6.45) is 4.94. The van der Waals surface area contributed by atoms with Gasteiger partial charge in [-0.3, -0.25) is 0 Å². The molecule has 0 aromatic carbocycles. The summed E-state index contributed by atoms with van der Waals surface area (Å²) in [5.41, 5.74) is -0.0950. The molecule has 0 aliphatic carbocycles. The van der Waals surface area contributed by atoms with Crippen LogP contribution in [-0.2, 0) is 0 Å². The topological polar surface area (TPSA) is 0 Å². The van der Waals surface area contributed by atoms with Crippen LogP contribution in [-0.4, -0.2) is 0 Å². The third-order valence-corrected chi connectivity index (χ3v) is 3.38. The fourth-order valence-electron chi connectivity index (χ4n) is 1.66. The summed E-state index contributed by atoms with van der Waals surface area (Å²) in [7, 11) is 0. The maximum atomic E-state index is 4.94. The third kappa shape index (κ3) is 41.0. The van der Waals surface area contributed by atoms with Gasteiger partial charge in [0, 0.05) is 195 Å². The smallest absolute Gasteiger partial charge is 0.0240 e. The molecule has 0 heterocycles. The molecule has 0 amide bonds. The Bertz CT molecular complexity index is 3210. The zero-order chi connectivity index (χ0) is 39.1. The molecule has 0 saturated carbocycles. The van der Waals surface area contributed by atoms with Gasteiger partial charge in [0.15, 0.2) is 0 Å². The first-order valence-electron chi connectivity index (χ1n) is 14.0. The fourth-order valence-corrected chi connectivity index (χ4v) is 1.66. The predicted molar refractivity (Wildman–Crippen MR) is 215 cm³/mol. The maximum absolute atomic E-state index is 4.94.